The van der Waals surface area contributed by atoms with Crippen LogP contribution in [-0.4, -0.2) is 78.6 Å². The molecule has 0 unspecified atom stereocenters. The molecule has 0 bridgehead atoms. The Hall–Kier alpha value is -3.52. The number of methoxy groups -OCH3 is 1. The Bertz CT molecular complexity index is 1110. The number of fused-ring (bicyclic) bond motifs is 1. The second-order valence-corrected chi connectivity index (χ2v) is 8.55. The van der Waals surface area contributed by atoms with Crippen LogP contribution in [0.5, 0.6) is 5.75 Å². The number of anilines is 1. The monoisotopic (exact) mass is 449 g/mol. The van der Waals surface area contributed by atoms with Crippen LogP contribution in [0.3, 0.4) is 0 Å². The first-order valence-corrected chi connectivity index (χ1v) is 11.1. The van der Waals surface area contributed by atoms with Crippen LogP contribution in [0.15, 0.2) is 54.7 Å². The van der Waals surface area contributed by atoms with Crippen molar-refractivity contribution in [2.75, 3.05) is 52.7 Å². The molecule has 33 heavy (non-hydrogen) atoms. The Balaban J connectivity index is 1.30. The van der Waals surface area contributed by atoms with E-state index in [4.69, 9.17) is 4.74 Å². The summed E-state index contributed by atoms with van der Waals surface area (Å²) >= 11 is 0. The van der Waals surface area contributed by atoms with Gasteiger partial charge in [-0.1, -0.05) is 12.1 Å². The molecule has 4 rings (SSSR count). The summed E-state index contributed by atoms with van der Waals surface area (Å²) in [7, 11) is 5.17. The maximum atomic E-state index is 12.8. The fourth-order valence-corrected chi connectivity index (χ4v) is 4.00. The summed E-state index contributed by atoms with van der Waals surface area (Å²) in [5.41, 5.74) is 2.96. The van der Waals surface area contributed by atoms with Crippen molar-refractivity contribution in [3.63, 3.8) is 0 Å². The molecule has 0 radical (unpaired) electrons. The Labute approximate surface area is 194 Å². The first-order chi connectivity index (χ1) is 15.9. The van der Waals surface area contributed by atoms with E-state index in [0.717, 1.165) is 42.0 Å². The van der Waals surface area contributed by atoms with Crippen molar-refractivity contribution >= 4 is 28.5 Å². The summed E-state index contributed by atoms with van der Waals surface area (Å²) in [6.07, 6.45) is 1.90. The van der Waals surface area contributed by atoms with E-state index in [-0.39, 0.29) is 11.9 Å². The Morgan fingerprint density at radius 1 is 1.00 bits per heavy atom. The predicted molar refractivity (Wildman–Crippen MR) is 129 cm³/mol. The normalized spacial score (nSPS) is 14.3. The SMILES string of the molecule is COc1ccc(CN2CCN(C(=O)Nc3ccc4c(ccn4CC(=O)N(C)C)c3)CC2)cc1. The van der Waals surface area contributed by atoms with Gasteiger partial charge in [-0.2, -0.15) is 0 Å². The van der Waals surface area contributed by atoms with Crippen LogP contribution in [0.25, 0.3) is 10.9 Å². The number of carbonyl (C=O) groups is 2. The fraction of sp³-hybridized carbons (Fsp3) is 0.360. The van der Waals surface area contributed by atoms with Gasteiger partial charge < -0.3 is 24.4 Å². The lowest BCUT2D eigenvalue weighted by atomic mass is 10.2. The minimum Gasteiger partial charge on any atom is -0.497 e. The molecular weight excluding hydrogens is 418 g/mol. The molecule has 3 amide bonds. The number of carbonyl (C=O) groups excluding carboxylic acids is 2. The lowest BCUT2D eigenvalue weighted by molar-refractivity contribution is -0.129. The molecule has 0 saturated carbocycles. The van der Waals surface area contributed by atoms with E-state index in [1.807, 2.05) is 52.1 Å². The van der Waals surface area contributed by atoms with Crippen molar-refractivity contribution < 1.29 is 14.3 Å². The molecule has 1 N–H and O–H groups in total. The first kappa shape index (κ1) is 22.7. The summed E-state index contributed by atoms with van der Waals surface area (Å²) < 4.78 is 7.14. The molecule has 1 fully saturated rings. The van der Waals surface area contributed by atoms with Crippen LogP contribution in [0.1, 0.15) is 5.56 Å². The number of aromatic nitrogens is 1. The van der Waals surface area contributed by atoms with Crippen LogP contribution < -0.4 is 10.1 Å². The van der Waals surface area contributed by atoms with Gasteiger partial charge in [0, 0.05) is 69.6 Å². The molecule has 0 spiro atoms. The van der Waals surface area contributed by atoms with Gasteiger partial charge in [-0.3, -0.25) is 9.69 Å². The standard InChI is InChI=1S/C25H31N5O3/c1-27(2)24(31)18-30-11-10-20-16-21(6-9-23(20)30)26-25(32)29-14-12-28(13-15-29)17-19-4-7-22(33-3)8-5-19/h4-11,16H,12-15,17-18H2,1-3H3,(H,26,32). The van der Waals surface area contributed by atoms with Crippen molar-refractivity contribution in [3.8, 4) is 5.75 Å². The number of benzene rings is 2. The van der Waals surface area contributed by atoms with Gasteiger partial charge >= 0.3 is 6.03 Å². The number of nitrogens with one attached hydrogen (secondary N) is 1. The summed E-state index contributed by atoms with van der Waals surface area (Å²) in [6.45, 7) is 4.20. The molecule has 1 aliphatic heterocycles. The van der Waals surface area contributed by atoms with Gasteiger partial charge in [-0.15, -0.1) is 0 Å². The number of rotatable bonds is 6. The Kier molecular flexibility index (Phi) is 6.84. The molecule has 1 saturated heterocycles. The third-order valence-electron chi connectivity index (χ3n) is 6.05. The largest absolute Gasteiger partial charge is 0.497 e. The molecule has 3 aromatic rings. The second-order valence-electron chi connectivity index (χ2n) is 8.55. The van der Waals surface area contributed by atoms with Gasteiger partial charge in [0.1, 0.15) is 12.3 Å². The van der Waals surface area contributed by atoms with E-state index in [0.29, 0.717) is 19.6 Å². The van der Waals surface area contributed by atoms with E-state index < -0.39 is 0 Å². The molecule has 0 aliphatic carbocycles. The maximum absolute atomic E-state index is 12.8. The molecule has 174 valence electrons. The zero-order chi connectivity index (χ0) is 23.4. The third-order valence-corrected chi connectivity index (χ3v) is 6.05. The van der Waals surface area contributed by atoms with Gasteiger partial charge in [-0.25, -0.2) is 4.79 Å². The van der Waals surface area contributed by atoms with Crippen molar-refractivity contribution in [2.24, 2.45) is 0 Å². The predicted octanol–water partition coefficient (Wildman–Crippen LogP) is 3.09. The molecule has 2 aromatic carbocycles. The first-order valence-electron chi connectivity index (χ1n) is 11.1. The minimum absolute atomic E-state index is 0.0380. The highest BCUT2D eigenvalue weighted by molar-refractivity contribution is 5.93. The average Bonchev–Trinajstić information content (AvgIpc) is 3.21. The number of ether oxygens (including phenoxy) is 1. The van der Waals surface area contributed by atoms with E-state index in [1.54, 1.807) is 26.1 Å². The van der Waals surface area contributed by atoms with Crippen molar-refractivity contribution in [2.45, 2.75) is 13.1 Å². The second kappa shape index (κ2) is 9.95. The van der Waals surface area contributed by atoms with Gasteiger partial charge in [0.15, 0.2) is 0 Å². The van der Waals surface area contributed by atoms with E-state index in [2.05, 4.69) is 22.3 Å². The number of amides is 3. The van der Waals surface area contributed by atoms with Gasteiger partial charge in [0.2, 0.25) is 5.91 Å². The number of hydrogen-bond donors (Lipinski definition) is 1. The van der Waals surface area contributed by atoms with Crippen molar-refractivity contribution in [1.82, 2.24) is 19.3 Å². The van der Waals surface area contributed by atoms with Crippen molar-refractivity contribution in [1.29, 1.82) is 0 Å². The van der Waals surface area contributed by atoms with Crippen LogP contribution >= 0.6 is 0 Å². The van der Waals surface area contributed by atoms with Crippen LogP contribution in [-0.2, 0) is 17.9 Å². The zero-order valence-electron chi connectivity index (χ0n) is 19.5. The average molecular weight is 450 g/mol. The number of hydrogen-bond acceptors (Lipinski definition) is 4. The number of urea groups is 1. The molecule has 1 aromatic heterocycles. The fourth-order valence-electron chi connectivity index (χ4n) is 4.00. The maximum Gasteiger partial charge on any atom is 0.321 e. The molecule has 2 heterocycles. The van der Waals surface area contributed by atoms with Crippen LogP contribution in [0.4, 0.5) is 10.5 Å². The molecule has 8 nitrogen and oxygen atoms in total. The lowest BCUT2D eigenvalue weighted by Gasteiger charge is -2.34. The number of nitrogens with zero attached hydrogens (tertiary/aromatic N) is 4. The zero-order valence-corrected chi connectivity index (χ0v) is 19.5. The Morgan fingerprint density at radius 3 is 2.39 bits per heavy atom. The molecule has 1 aliphatic rings. The van der Waals surface area contributed by atoms with Gasteiger partial charge in [0.25, 0.3) is 0 Å². The van der Waals surface area contributed by atoms with Crippen LogP contribution in [0, 0.1) is 0 Å². The molecular formula is C25H31N5O3. The Morgan fingerprint density at radius 2 is 1.73 bits per heavy atom. The molecule has 8 heteroatoms. The summed E-state index contributed by atoms with van der Waals surface area (Å²) in [5.74, 6) is 0.896. The quantitative estimate of drug-likeness (QED) is 0.628. The smallest absolute Gasteiger partial charge is 0.321 e. The van der Waals surface area contributed by atoms with E-state index in [1.165, 1.54) is 5.56 Å². The van der Waals surface area contributed by atoms with Crippen molar-refractivity contribution in [3.05, 3.63) is 60.3 Å². The lowest BCUT2D eigenvalue weighted by Crippen LogP contribution is -2.49. The number of likely N-dealkylation sites (N-methyl/N-ethyl adjacent to an activating group) is 1. The number of piperazine rings is 1. The summed E-state index contributed by atoms with van der Waals surface area (Å²) in [6, 6.07) is 15.8. The van der Waals surface area contributed by atoms with Crippen LogP contribution in [0.2, 0.25) is 0 Å². The third kappa shape index (κ3) is 5.46. The highest BCUT2D eigenvalue weighted by Gasteiger charge is 2.21. The molecule has 0 atom stereocenters. The van der Waals surface area contributed by atoms with E-state index in [9.17, 15) is 9.59 Å². The van der Waals surface area contributed by atoms with Gasteiger partial charge in [0.05, 0.1) is 7.11 Å². The highest BCUT2D eigenvalue weighted by Crippen LogP contribution is 2.21. The minimum atomic E-state index is -0.0827. The van der Waals surface area contributed by atoms with E-state index >= 15 is 0 Å². The summed E-state index contributed by atoms with van der Waals surface area (Å²) in [5, 5.41) is 4.01. The summed E-state index contributed by atoms with van der Waals surface area (Å²) in [4.78, 5) is 30.6. The topological polar surface area (TPSA) is 70.0 Å². The van der Waals surface area contributed by atoms with Gasteiger partial charge in [-0.05, 0) is 42.0 Å². The highest BCUT2D eigenvalue weighted by atomic mass is 16.5.